The second-order valence-electron chi connectivity index (χ2n) is 14.2. The van der Waals surface area contributed by atoms with Crippen molar-refractivity contribution in [2.45, 2.75) is 51.2 Å². The summed E-state index contributed by atoms with van der Waals surface area (Å²) in [4.78, 5) is 28.4. The first kappa shape index (κ1) is 36.1. The molecule has 7 rings (SSSR count). The third-order valence-electron chi connectivity index (χ3n) is 10.9. The highest BCUT2D eigenvalue weighted by Gasteiger charge is 2.46. The Morgan fingerprint density at radius 3 is 2.25 bits per heavy atom. The van der Waals surface area contributed by atoms with Gasteiger partial charge in [0.2, 0.25) is 17.6 Å². The number of carbonyl (C=O) groups is 1. The number of para-hydroxylation sites is 2. The van der Waals surface area contributed by atoms with Crippen molar-refractivity contribution in [1.82, 2.24) is 24.3 Å². The molecule has 2 fully saturated rings. The number of methoxy groups -OCH3 is 4. The molecule has 0 aliphatic carbocycles. The van der Waals surface area contributed by atoms with Crippen LogP contribution in [0.5, 0.6) is 23.0 Å². The summed E-state index contributed by atoms with van der Waals surface area (Å²) in [5, 5.41) is 3.79. The van der Waals surface area contributed by atoms with Crippen LogP contribution in [0.2, 0.25) is 0 Å². The number of aromatic nitrogens is 3. The van der Waals surface area contributed by atoms with E-state index in [-0.39, 0.29) is 5.91 Å². The van der Waals surface area contributed by atoms with Crippen molar-refractivity contribution in [3.63, 3.8) is 0 Å². The first-order chi connectivity index (χ1) is 25.9. The highest BCUT2D eigenvalue weighted by atomic mass is 16.5. The number of likely N-dealkylation sites (tertiary alicyclic amines) is 2. The number of rotatable bonds is 15. The molecule has 53 heavy (non-hydrogen) atoms. The Balaban J connectivity index is 1.03. The molecule has 0 radical (unpaired) electrons. The highest BCUT2D eigenvalue weighted by molar-refractivity contribution is 5.85. The van der Waals surface area contributed by atoms with Gasteiger partial charge in [-0.25, -0.2) is 4.98 Å². The van der Waals surface area contributed by atoms with Crippen molar-refractivity contribution in [3.05, 3.63) is 102 Å². The van der Waals surface area contributed by atoms with E-state index in [1.54, 1.807) is 34.6 Å². The van der Waals surface area contributed by atoms with Gasteiger partial charge in [-0.1, -0.05) is 30.3 Å². The van der Waals surface area contributed by atoms with Gasteiger partial charge in [-0.15, -0.1) is 0 Å². The van der Waals surface area contributed by atoms with E-state index >= 15 is 0 Å². The van der Waals surface area contributed by atoms with E-state index in [4.69, 9.17) is 23.9 Å². The Morgan fingerprint density at radius 1 is 0.811 bits per heavy atom. The molecule has 1 amide bonds. The zero-order valence-electron chi connectivity index (χ0n) is 31.2. The fraction of sp³-hybridized carbons (Fsp3) is 0.405. The monoisotopic (exact) mass is 718 g/mol. The Hall–Kier alpha value is -5.29. The Bertz CT molecular complexity index is 1970. The SMILES string of the molecule is COc1ccc(CC2(CCN3CCC(Nc4nc5ccccc5n4Cc4cccnc4)CC3)CCN(Cc3cc(OC)c(OC)c(OC)c3)C2=O)cc1. The van der Waals surface area contributed by atoms with Crippen LogP contribution in [0, 0.1) is 5.41 Å². The van der Waals surface area contributed by atoms with E-state index < -0.39 is 5.41 Å². The number of pyridine rings is 1. The number of nitrogens with zero attached hydrogens (tertiary/aromatic N) is 5. The van der Waals surface area contributed by atoms with Crippen molar-refractivity contribution in [1.29, 1.82) is 0 Å². The van der Waals surface area contributed by atoms with Gasteiger partial charge in [0.1, 0.15) is 5.75 Å². The maximum atomic E-state index is 14.5. The van der Waals surface area contributed by atoms with E-state index in [9.17, 15) is 4.79 Å². The van der Waals surface area contributed by atoms with Crippen molar-refractivity contribution in [3.8, 4) is 23.0 Å². The normalized spacial score (nSPS) is 18.0. The zero-order chi connectivity index (χ0) is 36.8. The number of anilines is 1. The lowest BCUT2D eigenvalue weighted by atomic mass is 9.77. The molecular formula is C42H50N6O5. The first-order valence-electron chi connectivity index (χ1n) is 18.5. The van der Waals surface area contributed by atoms with Gasteiger partial charge in [0.25, 0.3) is 0 Å². The maximum absolute atomic E-state index is 14.5. The van der Waals surface area contributed by atoms with E-state index in [1.165, 1.54) is 0 Å². The summed E-state index contributed by atoms with van der Waals surface area (Å²) in [5.41, 5.74) is 4.82. The topological polar surface area (TPSA) is 103 Å². The minimum absolute atomic E-state index is 0.200. The number of nitrogens with one attached hydrogen (secondary N) is 1. The molecule has 0 spiro atoms. The smallest absolute Gasteiger partial charge is 0.229 e. The van der Waals surface area contributed by atoms with Crippen molar-refractivity contribution >= 4 is 22.9 Å². The number of carbonyl (C=O) groups excluding carboxylic acids is 1. The lowest BCUT2D eigenvalue weighted by Crippen LogP contribution is -2.43. The lowest BCUT2D eigenvalue weighted by Gasteiger charge is -2.35. The molecular weight excluding hydrogens is 668 g/mol. The van der Waals surface area contributed by atoms with Gasteiger partial charge in [-0.3, -0.25) is 9.78 Å². The van der Waals surface area contributed by atoms with Crippen molar-refractivity contribution in [2.24, 2.45) is 5.41 Å². The molecule has 2 aromatic heterocycles. The van der Waals surface area contributed by atoms with Gasteiger partial charge < -0.3 is 38.6 Å². The third kappa shape index (κ3) is 7.90. The van der Waals surface area contributed by atoms with Crippen LogP contribution in [0.3, 0.4) is 0 Å². The molecule has 1 atom stereocenters. The molecule has 0 saturated carbocycles. The van der Waals surface area contributed by atoms with Crippen LogP contribution in [0.4, 0.5) is 5.95 Å². The summed E-state index contributed by atoms with van der Waals surface area (Å²) in [7, 11) is 6.50. The molecule has 278 valence electrons. The summed E-state index contributed by atoms with van der Waals surface area (Å²) in [5.74, 6) is 3.63. The van der Waals surface area contributed by atoms with Gasteiger partial charge >= 0.3 is 0 Å². The van der Waals surface area contributed by atoms with E-state index in [2.05, 4.69) is 56.2 Å². The number of amides is 1. The number of piperidine rings is 1. The first-order valence-corrected chi connectivity index (χ1v) is 18.5. The Labute approximate surface area is 311 Å². The van der Waals surface area contributed by atoms with Crippen molar-refractivity contribution < 1.29 is 23.7 Å². The van der Waals surface area contributed by atoms with Crippen molar-refractivity contribution in [2.75, 3.05) is 59.9 Å². The standard InChI is InChI=1S/C42H50N6O5/c1-50-34-13-11-30(12-14-34)26-42(18-23-47(40(42)49)28-32-24-37(51-2)39(53-4)38(25-32)52-3)17-22-46-20-15-33(16-21-46)44-41-45-35-9-5-6-10-36(35)48(41)29-31-8-7-19-43-27-31/h5-14,19,24-25,27,33H,15-18,20-23,26,28-29H2,1-4H3,(H,44,45). The van der Waals surface area contributed by atoms with Crippen LogP contribution in [-0.4, -0.2) is 90.9 Å². The van der Waals surface area contributed by atoms with Gasteiger partial charge in [0.05, 0.1) is 51.4 Å². The fourth-order valence-corrected chi connectivity index (χ4v) is 7.98. The minimum Gasteiger partial charge on any atom is -0.497 e. The molecule has 4 heterocycles. The van der Waals surface area contributed by atoms with E-state index in [1.807, 2.05) is 47.5 Å². The maximum Gasteiger partial charge on any atom is 0.229 e. The third-order valence-corrected chi connectivity index (χ3v) is 10.9. The molecule has 3 aromatic carbocycles. The fourth-order valence-electron chi connectivity index (χ4n) is 7.98. The van der Waals surface area contributed by atoms with Crippen LogP contribution in [0.1, 0.15) is 42.4 Å². The van der Waals surface area contributed by atoms with E-state index in [0.29, 0.717) is 49.3 Å². The molecule has 2 saturated heterocycles. The number of ether oxygens (including phenoxy) is 4. The quantitative estimate of drug-likeness (QED) is 0.131. The summed E-state index contributed by atoms with van der Waals surface area (Å²) in [6.07, 6.45) is 8.01. The van der Waals surface area contributed by atoms with Crippen LogP contribution in [-0.2, 0) is 24.3 Å². The molecule has 11 nitrogen and oxygen atoms in total. The van der Waals surface area contributed by atoms with Gasteiger partial charge in [-0.05, 0) is 97.8 Å². The largest absolute Gasteiger partial charge is 0.497 e. The lowest BCUT2D eigenvalue weighted by molar-refractivity contribution is -0.137. The van der Waals surface area contributed by atoms with Gasteiger partial charge in [-0.2, -0.15) is 0 Å². The van der Waals surface area contributed by atoms with Gasteiger partial charge in [0.15, 0.2) is 11.5 Å². The molecule has 11 heteroatoms. The molecule has 2 aliphatic rings. The number of benzene rings is 3. The predicted molar refractivity (Wildman–Crippen MR) is 206 cm³/mol. The molecule has 5 aromatic rings. The van der Waals surface area contributed by atoms with Gasteiger partial charge in [0, 0.05) is 44.6 Å². The summed E-state index contributed by atoms with van der Waals surface area (Å²) < 4.78 is 24.4. The van der Waals surface area contributed by atoms with Crippen LogP contribution < -0.4 is 24.3 Å². The zero-order valence-corrected chi connectivity index (χ0v) is 31.2. The summed E-state index contributed by atoms with van der Waals surface area (Å²) in [6.45, 7) is 4.66. The summed E-state index contributed by atoms with van der Waals surface area (Å²) in [6, 6.07) is 24.7. The van der Waals surface area contributed by atoms with E-state index in [0.717, 1.165) is 84.7 Å². The Morgan fingerprint density at radius 2 is 1.57 bits per heavy atom. The van der Waals surface area contributed by atoms with Crippen LogP contribution >= 0.6 is 0 Å². The number of hydrogen-bond acceptors (Lipinski definition) is 9. The second-order valence-corrected chi connectivity index (χ2v) is 14.2. The number of hydrogen-bond donors (Lipinski definition) is 1. The van der Waals surface area contributed by atoms with Crippen LogP contribution in [0.25, 0.3) is 11.0 Å². The average molecular weight is 719 g/mol. The molecule has 2 aliphatic heterocycles. The number of imidazole rings is 1. The molecule has 0 bridgehead atoms. The molecule has 1 unspecified atom stereocenters. The minimum atomic E-state index is -0.499. The predicted octanol–water partition coefficient (Wildman–Crippen LogP) is 6.44. The van der Waals surface area contributed by atoms with Crippen LogP contribution in [0.15, 0.2) is 85.2 Å². The Kier molecular flexibility index (Phi) is 11.0. The highest BCUT2D eigenvalue weighted by Crippen LogP contribution is 2.42. The molecule has 1 N–H and O–H groups in total. The summed E-state index contributed by atoms with van der Waals surface area (Å²) >= 11 is 0. The number of fused-ring (bicyclic) bond motifs is 1. The second kappa shape index (κ2) is 16.2. The average Bonchev–Trinajstić information content (AvgIpc) is 3.69.